The van der Waals surface area contributed by atoms with Gasteiger partial charge in [0.1, 0.15) is 0 Å². The zero-order valence-corrected chi connectivity index (χ0v) is 17.5. The minimum Gasteiger partial charge on any atom is -0.330 e. The lowest BCUT2D eigenvalue weighted by atomic mass is 9.83. The van der Waals surface area contributed by atoms with Gasteiger partial charge in [-0.05, 0) is 87.6 Å². The Morgan fingerprint density at radius 3 is 2.90 bits per heavy atom. The van der Waals surface area contributed by atoms with Crippen LogP contribution in [0.15, 0.2) is 48.7 Å². The molecular weight excluding hydrogens is 356 g/mol. The van der Waals surface area contributed by atoms with E-state index in [0.29, 0.717) is 24.0 Å². The molecule has 4 atom stereocenters. The summed E-state index contributed by atoms with van der Waals surface area (Å²) in [4.78, 5) is 4.73. The predicted molar refractivity (Wildman–Crippen MR) is 120 cm³/mol. The normalized spacial score (nSPS) is 25.3. The summed E-state index contributed by atoms with van der Waals surface area (Å²) in [5.74, 6) is 0.676. The van der Waals surface area contributed by atoms with E-state index in [1.54, 1.807) is 0 Å². The highest BCUT2D eigenvalue weighted by molar-refractivity contribution is 5.25. The van der Waals surface area contributed by atoms with Gasteiger partial charge < -0.3 is 16.4 Å². The molecule has 1 saturated heterocycles. The van der Waals surface area contributed by atoms with Crippen LogP contribution in [0.25, 0.3) is 0 Å². The highest BCUT2D eigenvalue weighted by Gasteiger charge is 2.28. The van der Waals surface area contributed by atoms with Crippen LogP contribution in [-0.2, 0) is 6.42 Å². The first-order valence-electron chi connectivity index (χ1n) is 11.5. The summed E-state index contributed by atoms with van der Waals surface area (Å²) < 4.78 is 0. The third kappa shape index (κ3) is 5.44. The summed E-state index contributed by atoms with van der Waals surface area (Å²) in [6, 6.07) is 16.8. The predicted octanol–water partition coefficient (Wildman–Crippen LogP) is 4.08. The summed E-state index contributed by atoms with van der Waals surface area (Å²) in [5, 5.41) is 7.79. The van der Waals surface area contributed by atoms with Gasteiger partial charge in [0.15, 0.2) is 0 Å². The van der Waals surface area contributed by atoms with Crippen LogP contribution in [0, 0.1) is 0 Å². The Morgan fingerprint density at radius 2 is 2.03 bits per heavy atom. The van der Waals surface area contributed by atoms with E-state index in [1.165, 1.54) is 48.9 Å². The highest BCUT2D eigenvalue weighted by Crippen LogP contribution is 2.31. The first kappa shape index (κ1) is 20.5. The molecule has 1 aliphatic carbocycles. The van der Waals surface area contributed by atoms with Crippen LogP contribution in [0.5, 0.6) is 0 Å². The van der Waals surface area contributed by atoms with E-state index in [2.05, 4.69) is 53.1 Å². The summed E-state index contributed by atoms with van der Waals surface area (Å²) in [5.41, 5.74) is 10.1. The number of aromatic nitrogens is 1. The lowest BCUT2D eigenvalue weighted by molar-refractivity contribution is 0.282. The molecule has 156 valence electrons. The Kier molecular flexibility index (Phi) is 7.31. The number of nitrogens with zero attached hydrogens (tertiary/aromatic N) is 1. The molecule has 4 rings (SSSR count). The van der Waals surface area contributed by atoms with Gasteiger partial charge in [-0.15, -0.1) is 0 Å². The molecule has 0 amide bonds. The average Bonchev–Trinajstić information content (AvgIpc) is 2.78. The quantitative estimate of drug-likeness (QED) is 0.633. The average molecular weight is 393 g/mol. The molecule has 2 unspecified atom stereocenters. The number of fused-ring (bicyclic) bond motifs is 1. The number of hydrogen-bond donors (Lipinski definition) is 3. The minimum absolute atomic E-state index is 0.385. The van der Waals surface area contributed by atoms with Gasteiger partial charge in [0, 0.05) is 24.3 Å². The van der Waals surface area contributed by atoms with Crippen LogP contribution in [0.3, 0.4) is 0 Å². The van der Waals surface area contributed by atoms with Crippen LogP contribution in [0.4, 0.5) is 0 Å². The zero-order chi connectivity index (χ0) is 19.9. The van der Waals surface area contributed by atoms with Crippen molar-refractivity contribution in [3.63, 3.8) is 0 Å². The maximum atomic E-state index is 5.86. The first-order chi connectivity index (χ1) is 14.3. The molecule has 1 aliphatic heterocycles. The standard InChI is InChI=1S/C25H36N4/c26-14-5-11-22(29-24-12-4-9-20-10-6-15-28-25(20)24)18-23-17-21(13-16-27-23)19-7-2-1-3-8-19/h1-3,6-8,10,15,21-24,27,29H,4-5,9,11-14,16-18,26H2/t21?,22?,23-,24-/m0/s1. The number of aryl methyl sites for hydroxylation is 1. The van der Waals surface area contributed by atoms with E-state index < -0.39 is 0 Å². The lowest BCUT2D eigenvalue weighted by Gasteiger charge is -2.35. The van der Waals surface area contributed by atoms with Gasteiger partial charge in [0.05, 0.1) is 5.69 Å². The van der Waals surface area contributed by atoms with Crippen LogP contribution in [-0.4, -0.2) is 30.2 Å². The Labute approximate surface area is 175 Å². The number of rotatable bonds is 8. The van der Waals surface area contributed by atoms with Gasteiger partial charge in [-0.3, -0.25) is 4.98 Å². The number of hydrogen-bond acceptors (Lipinski definition) is 4. The molecule has 4 nitrogen and oxygen atoms in total. The van der Waals surface area contributed by atoms with Crippen molar-refractivity contribution in [3.8, 4) is 0 Å². The Balaban J connectivity index is 1.41. The van der Waals surface area contributed by atoms with Crippen molar-refractivity contribution in [1.82, 2.24) is 15.6 Å². The fourth-order valence-corrected chi connectivity index (χ4v) is 5.25. The second kappa shape index (κ2) is 10.3. The summed E-state index contributed by atoms with van der Waals surface area (Å²) in [7, 11) is 0. The number of benzene rings is 1. The number of pyridine rings is 1. The molecule has 29 heavy (non-hydrogen) atoms. The zero-order valence-electron chi connectivity index (χ0n) is 17.5. The van der Waals surface area contributed by atoms with Crippen molar-refractivity contribution < 1.29 is 0 Å². The van der Waals surface area contributed by atoms with Crippen LogP contribution < -0.4 is 16.4 Å². The third-order valence-corrected chi connectivity index (χ3v) is 6.72. The van der Waals surface area contributed by atoms with Crippen molar-refractivity contribution in [3.05, 3.63) is 65.5 Å². The molecule has 4 N–H and O–H groups in total. The molecule has 2 aromatic rings. The molecule has 2 aliphatic rings. The smallest absolute Gasteiger partial charge is 0.0605 e. The molecule has 2 heterocycles. The fourth-order valence-electron chi connectivity index (χ4n) is 5.25. The molecule has 0 spiro atoms. The van der Waals surface area contributed by atoms with Gasteiger partial charge >= 0.3 is 0 Å². The molecule has 0 saturated carbocycles. The number of nitrogens with one attached hydrogen (secondary N) is 2. The molecule has 1 aromatic heterocycles. The SMILES string of the molecule is NCCCC(C[C@@H]1CC(c2ccccc2)CCN1)N[C@H]1CCCc2cccnc21. The molecule has 4 heteroatoms. The Morgan fingerprint density at radius 1 is 1.14 bits per heavy atom. The Hall–Kier alpha value is -1.75. The van der Waals surface area contributed by atoms with E-state index in [0.717, 1.165) is 32.4 Å². The van der Waals surface area contributed by atoms with Crippen LogP contribution in [0.1, 0.15) is 73.7 Å². The Bertz CT molecular complexity index is 747. The largest absolute Gasteiger partial charge is 0.330 e. The molecule has 1 fully saturated rings. The van der Waals surface area contributed by atoms with Crippen molar-refractivity contribution in [1.29, 1.82) is 0 Å². The van der Waals surface area contributed by atoms with Gasteiger partial charge in [-0.2, -0.15) is 0 Å². The summed E-state index contributed by atoms with van der Waals surface area (Å²) >= 11 is 0. The molecule has 0 bridgehead atoms. The van der Waals surface area contributed by atoms with Gasteiger partial charge in [0.25, 0.3) is 0 Å². The molecule has 1 aromatic carbocycles. The van der Waals surface area contributed by atoms with E-state index in [-0.39, 0.29) is 0 Å². The summed E-state index contributed by atoms with van der Waals surface area (Å²) in [6.45, 7) is 1.88. The molecular formula is C25H36N4. The van der Waals surface area contributed by atoms with Crippen molar-refractivity contribution in [2.45, 2.75) is 75.4 Å². The number of nitrogens with two attached hydrogens (primary N) is 1. The molecule has 0 radical (unpaired) electrons. The van der Waals surface area contributed by atoms with E-state index in [1.807, 2.05) is 6.20 Å². The van der Waals surface area contributed by atoms with Crippen LogP contribution >= 0.6 is 0 Å². The van der Waals surface area contributed by atoms with E-state index in [9.17, 15) is 0 Å². The van der Waals surface area contributed by atoms with Crippen LogP contribution in [0.2, 0.25) is 0 Å². The second-order valence-electron chi connectivity index (χ2n) is 8.81. The monoisotopic (exact) mass is 392 g/mol. The highest BCUT2D eigenvalue weighted by atomic mass is 15.0. The topological polar surface area (TPSA) is 63.0 Å². The van der Waals surface area contributed by atoms with Gasteiger partial charge in [0.2, 0.25) is 0 Å². The van der Waals surface area contributed by atoms with Crippen molar-refractivity contribution in [2.75, 3.05) is 13.1 Å². The maximum Gasteiger partial charge on any atom is 0.0605 e. The summed E-state index contributed by atoms with van der Waals surface area (Å²) in [6.07, 6.45) is 11.4. The van der Waals surface area contributed by atoms with Gasteiger partial charge in [-0.25, -0.2) is 0 Å². The minimum atomic E-state index is 0.385. The third-order valence-electron chi connectivity index (χ3n) is 6.72. The van der Waals surface area contributed by atoms with Crippen molar-refractivity contribution in [2.24, 2.45) is 5.73 Å². The van der Waals surface area contributed by atoms with E-state index >= 15 is 0 Å². The fraction of sp³-hybridized carbons (Fsp3) is 0.560. The first-order valence-corrected chi connectivity index (χ1v) is 11.5. The van der Waals surface area contributed by atoms with Crippen molar-refractivity contribution >= 4 is 0 Å². The maximum absolute atomic E-state index is 5.86. The second-order valence-corrected chi connectivity index (χ2v) is 8.81. The van der Waals surface area contributed by atoms with Gasteiger partial charge in [-0.1, -0.05) is 36.4 Å². The number of piperidine rings is 1. The lowest BCUT2D eigenvalue weighted by Crippen LogP contribution is -2.44. The van der Waals surface area contributed by atoms with E-state index in [4.69, 9.17) is 10.7 Å².